The minimum atomic E-state index is 0.182. The summed E-state index contributed by atoms with van der Waals surface area (Å²) < 4.78 is 0. The number of anilines is 1. The van der Waals surface area contributed by atoms with E-state index >= 15 is 0 Å². The Kier molecular flexibility index (Phi) is 7.07. The third-order valence-corrected chi connectivity index (χ3v) is 5.81. The van der Waals surface area contributed by atoms with E-state index < -0.39 is 0 Å². The maximum atomic E-state index is 11.7. The average molecular weight is 420 g/mol. The first kappa shape index (κ1) is 21.2. The first-order valence-corrected chi connectivity index (χ1v) is 11.4. The number of carbonyl (C=O) groups is 1. The Morgan fingerprint density at radius 1 is 1.00 bits per heavy atom. The molecule has 3 N–H and O–H groups in total. The first-order valence-electron chi connectivity index (χ1n) is 11.4. The topological polar surface area (TPSA) is 68.8 Å². The third-order valence-electron chi connectivity index (χ3n) is 5.81. The number of hydrogen-bond donors (Lipinski definition) is 3. The highest BCUT2D eigenvalue weighted by Gasteiger charge is 2.28. The SMILES string of the molecule is CCNC(=NCc1ccc(CN2CCc3ccccc32)cc1)NCCNC(=O)C1CC1. The van der Waals surface area contributed by atoms with Crippen molar-refractivity contribution in [3.63, 3.8) is 0 Å². The maximum absolute atomic E-state index is 11.7. The van der Waals surface area contributed by atoms with Gasteiger partial charge in [-0.25, -0.2) is 4.99 Å². The molecule has 1 amide bonds. The van der Waals surface area contributed by atoms with Gasteiger partial charge in [0, 0.05) is 44.3 Å². The molecule has 31 heavy (non-hydrogen) atoms. The Morgan fingerprint density at radius 3 is 2.52 bits per heavy atom. The summed E-state index contributed by atoms with van der Waals surface area (Å²) in [4.78, 5) is 18.8. The van der Waals surface area contributed by atoms with Crippen molar-refractivity contribution in [2.45, 2.75) is 39.3 Å². The number of carbonyl (C=O) groups excluding carboxylic acids is 1. The molecule has 0 atom stereocenters. The molecular weight excluding hydrogens is 386 g/mol. The van der Waals surface area contributed by atoms with E-state index in [0.29, 0.717) is 19.6 Å². The molecule has 164 valence electrons. The number of hydrogen-bond acceptors (Lipinski definition) is 3. The van der Waals surface area contributed by atoms with Gasteiger partial charge < -0.3 is 20.9 Å². The Hall–Kier alpha value is -3.02. The van der Waals surface area contributed by atoms with Crippen molar-refractivity contribution in [3.8, 4) is 0 Å². The molecule has 1 aliphatic carbocycles. The Bertz CT molecular complexity index is 904. The zero-order valence-corrected chi connectivity index (χ0v) is 18.4. The van der Waals surface area contributed by atoms with E-state index in [1.165, 1.54) is 22.4 Å². The first-order chi connectivity index (χ1) is 15.2. The smallest absolute Gasteiger partial charge is 0.223 e. The van der Waals surface area contributed by atoms with Gasteiger partial charge in [-0.05, 0) is 48.9 Å². The summed E-state index contributed by atoms with van der Waals surface area (Å²) >= 11 is 0. The van der Waals surface area contributed by atoms with Crippen LogP contribution >= 0.6 is 0 Å². The average Bonchev–Trinajstić information content (AvgIpc) is 3.58. The van der Waals surface area contributed by atoms with Crippen LogP contribution in [0.4, 0.5) is 5.69 Å². The fourth-order valence-electron chi connectivity index (χ4n) is 3.91. The summed E-state index contributed by atoms with van der Waals surface area (Å²) in [6.45, 7) is 6.79. The van der Waals surface area contributed by atoms with Gasteiger partial charge >= 0.3 is 0 Å². The molecule has 1 heterocycles. The molecule has 2 aliphatic rings. The van der Waals surface area contributed by atoms with Crippen molar-refractivity contribution in [2.75, 3.05) is 31.1 Å². The van der Waals surface area contributed by atoms with E-state index in [4.69, 9.17) is 0 Å². The van der Waals surface area contributed by atoms with E-state index in [-0.39, 0.29) is 11.8 Å². The second-order valence-corrected chi connectivity index (χ2v) is 8.30. The van der Waals surface area contributed by atoms with E-state index in [2.05, 4.69) is 81.3 Å². The monoisotopic (exact) mass is 419 g/mol. The highest BCUT2D eigenvalue weighted by atomic mass is 16.2. The van der Waals surface area contributed by atoms with Crippen LogP contribution in [0.2, 0.25) is 0 Å². The van der Waals surface area contributed by atoms with Gasteiger partial charge in [0.05, 0.1) is 6.54 Å². The number of nitrogens with zero attached hydrogens (tertiary/aromatic N) is 2. The largest absolute Gasteiger partial charge is 0.367 e. The maximum Gasteiger partial charge on any atom is 0.223 e. The van der Waals surface area contributed by atoms with Crippen LogP contribution in [0.1, 0.15) is 36.5 Å². The molecule has 0 aromatic heterocycles. The lowest BCUT2D eigenvalue weighted by Crippen LogP contribution is -2.41. The van der Waals surface area contributed by atoms with Gasteiger partial charge in [-0.2, -0.15) is 0 Å². The number of aliphatic imine (C=N–C) groups is 1. The van der Waals surface area contributed by atoms with Gasteiger partial charge in [0.1, 0.15) is 0 Å². The van der Waals surface area contributed by atoms with Gasteiger partial charge in [0.15, 0.2) is 5.96 Å². The van der Waals surface area contributed by atoms with E-state index in [9.17, 15) is 4.79 Å². The predicted molar refractivity (Wildman–Crippen MR) is 126 cm³/mol. The molecular formula is C25H33N5O. The van der Waals surface area contributed by atoms with E-state index in [0.717, 1.165) is 44.9 Å². The summed E-state index contributed by atoms with van der Waals surface area (Å²) in [5.41, 5.74) is 5.32. The van der Waals surface area contributed by atoms with Crippen LogP contribution in [0.3, 0.4) is 0 Å². The van der Waals surface area contributed by atoms with Crippen LogP contribution in [0.25, 0.3) is 0 Å². The molecule has 6 nitrogen and oxygen atoms in total. The van der Waals surface area contributed by atoms with Gasteiger partial charge in [-0.1, -0.05) is 42.5 Å². The lowest BCUT2D eigenvalue weighted by molar-refractivity contribution is -0.122. The van der Waals surface area contributed by atoms with Crippen molar-refractivity contribution in [1.29, 1.82) is 0 Å². The zero-order valence-electron chi connectivity index (χ0n) is 18.4. The number of fused-ring (bicyclic) bond motifs is 1. The second-order valence-electron chi connectivity index (χ2n) is 8.30. The molecule has 1 aliphatic heterocycles. The number of benzene rings is 2. The van der Waals surface area contributed by atoms with Crippen molar-refractivity contribution >= 4 is 17.6 Å². The molecule has 6 heteroatoms. The molecule has 2 aromatic carbocycles. The summed E-state index contributed by atoms with van der Waals surface area (Å²) in [6.07, 6.45) is 3.20. The molecule has 0 spiro atoms. The van der Waals surface area contributed by atoms with Crippen molar-refractivity contribution in [3.05, 3.63) is 65.2 Å². The molecule has 4 rings (SSSR count). The van der Waals surface area contributed by atoms with Crippen LogP contribution in [0, 0.1) is 5.92 Å². The summed E-state index contributed by atoms with van der Waals surface area (Å²) in [5.74, 6) is 1.22. The number of rotatable bonds is 9. The molecule has 0 saturated heterocycles. The lowest BCUT2D eigenvalue weighted by Gasteiger charge is -2.19. The van der Waals surface area contributed by atoms with Gasteiger partial charge in [0.2, 0.25) is 5.91 Å². The molecule has 0 bridgehead atoms. The minimum Gasteiger partial charge on any atom is -0.367 e. The summed E-state index contributed by atoms with van der Waals surface area (Å²) in [7, 11) is 0. The second kappa shape index (κ2) is 10.3. The van der Waals surface area contributed by atoms with Crippen molar-refractivity contribution in [1.82, 2.24) is 16.0 Å². The number of guanidine groups is 1. The standard InChI is InChI=1S/C25H33N5O/c1-2-26-25(28-15-14-27-24(31)22-11-12-22)29-17-19-7-9-20(10-8-19)18-30-16-13-21-5-3-4-6-23(21)30/h3-10,22H,2,11-18H2,1H3,(H,27,31)(H2,26,28,29). The molecule has 0 radical (unpaired) electrons. The fraction of sp³-hybridized carbons (Fsp3) is 0.440. The predicted octanol–water partition coefficient (Wildman–Crippen LogP) is 2.83. The highest BCUT2D eigenvalue weighted by Crippen LogP contribution is 2.29. The Balaban J connectivity index is 1.25. The minimum absolute atomic E-state index is 0.182. The van der Waals surface area contributed by atoms with Crippen LogP contribution in [-0.2, 0) is 24.3 Å². The number of amides is 1. The van der Waals surface area contributed by atoms with Crippen LogP contribution in [0.5, 0.6) is 0 Å². The molecule has 2 aromatic rings. The Morgan fingerprint density at radius 2 is 1.74 bits per heavy atom. The van der Waals surface area contributed by atoms with Gasteiger partial charge in [-0.15, -0.1) is 0 Å². The van der Waals surface area contributed by atoms with Crippen molar-refractivity contribution < 1.29 is 4.79 Å². The Labute approximate surface area is 185 Å². The van der Waals surface area contributed by atoms with Crippen LogP contribution in [-0.4, -0.2) is 38.0 Å². The molecule has 1 fully saturated rings. The van der Waals surface area contributed by atoms with Gasteiger partial charge in [0.25, 0.3) is 0 Å². The fourth-order valence-corrected chi connectivity index (χ4v) is 3.91. The van der Waals surface area contributed by atoms with Crippen LogP contribution < -0.4 is 20.9 Å². The van der Waals surface area contributed by atoms with Crippen LogP contribution in [0.15, 0.2) is 53.5 Å². The molecule has 1 saturated carbocycles. The normalized spacial score (nSPS) is 15.5. The number of para-hydroxylation sites is 1. The lowest BCUT2D eigenvalue weighted by atomic mass is 10.1. The summed E-state index contributed by atoms with van der Waals surface area (Å²) in [6, 6.07) is 17.4. The van der Waals surface area contributed by atoms with E-state index in [1.54, 1.807) is 0 Å². The highest BCUT2D eigenvalue weighted by molar-refractivity contribution is 5.81. The zero-order chi connectivity index (χ0) is 21.5. The number of nitrogens with one attached hydrogen (secondary N) is 3. The van der Waals surface area contributed by atoms with Crippen molar-refractivity contribution in [2.24, 2.45) is 10.9 Å². The van der Waals surface area contributed by atoms with E-state index in [1.807, 2.05) is 0 Å². The summed E-state index contributed by atoms with van der Waals surface area (Å²) in [5, 5.41) is 9.53. The quantitative estimate of drug-likeness (QED) is 0.332. The third kappa shape index (κ3) is 6.00. The molecule has 0 unspecified atom stereocenters. The van der Waals surface area contributed by atoms with Gasteiger partial charge in [-0.3, -0.25) is 4.79 Å².